The molecule has 92 valence electrons. The van der Waals surface area contributed by atoms with E-state index in [2.05, 4.69) is 9.97 Å². The maximum Gasteiger partial charge on any atom is 0.231 e. The van der Waals surface area contributed by atoms with Crippen LogP contribution in [0.3, 0.4) is 0 Å². The Morgan fingerprint density at radius 2 is 1.94 bits per heavy atom. The van der Waals surface area contributed by atoms with Gasteiger partial charge in [-0.15, -0.1) is 0 Å². The summed E-state index contributed by atoms with van der Waals surface area (Å²) in [6.45, 7) is 1.02. The summed E-state index contributed by atoms with van der Waals surface area (Å²) in [6, 6.07) is 7.74. The van der Waals surface area contributed by atoms with Crippen LogP contribution in [-0.2, 0) is 6.54 Å². The zero-order chi connectivity index (χ0) is 12.4. The average molecular weight is 243 g/mol. The summed E-state index contributed by atoms with van der Waals surface area (Å²) in [6.07, 6.45) is 3.47. The molecule has 1 aromatic carbocycles. The molecule has 0 bridgehead atoms. The lowest BCUT2D eigenvalue weighted by Gasteiger charge is -2.16. The lowest BCUT2D eigenvalue weighted by Crippen LogP contribution is -2.18. The predicted octanol–water partition coefficient (Wildman–Crippen LogP) is 1.84. The van der Waals surface area contributed by atoms with Gasteiger partial charge in [0.2, 0.25) is 12.7 Å². The van der Waals surface area contributed by atoms with Crippen molar-refractivity contribution >= 4 is 5.95 Å². The van der Waals surface area contributed by atoms with Crippen molar-refractivity contribution < 1.29 is 9.47 Å². The summed E-state index contributed by atoms with van der Waals surface area (Å²) in [5.74, 6) is 2.31. The SMILES string of the molecule is CN(Cc1ccc2c(c1)OCO2)c1ncccn1. The smallest absolute Gasteiger partial charge is 0.231 e. The van der Waals surface area contributed by atoms with Gasteiger partial charge in [-0.2, -0.15) is 0 Å². The Morgan fingerprint density at radius 3 is 2.78 bits per heavy atom. The lowest BCUT2D eigenvalue weighted by atomic mass is 10.2. The highest BCUT2D eigenvalue weighted by Gasteiger charge is 2.14. The molecule has 0 fully saturated rings. The molecule has 1 aliphatic heterocycles. The molecule has 1 aliphatic rings. The van der Waals surface area contributed by atoms with E-state index in [-0.39, 0.29) is 0 Å². The quantitative estimate of drug-likeness (QED) is 0.823. The Balaban J connectivity index is 1.77. The van der Waals surface area contributed by atoms with E-state index in [9.17, 15) is 0 Å². The summed E-state index contributed by atoms with van der Waals surface area (Å²) in [5, 5.41) is 0. The third-order valence-electron chi connectivity index (χ3n) is 2.75. The van der Waals surface area contributed by atoms with Gasteiger partial charge in [-0.25, -0.2) is 9.97 Å². The van der Waals surface area contributed by atoms with Crippen molar-refractivity contribution in [3.63, 3.8) is 0 Å². The number of aromatic nitrogens is 2. The molecule has 5 heteroatoms. The molecule has 0 aliphatic carbocycles. The van der Waals surface area contributed by atoms with Gasteiger partial charge in [0.05, 0.1) is 0 Å². The van der Waals surface area contributed by atoms with Gasteiger partial charge in [0.15, 0.2) is 11.5 Å². The van der Waals surface area contributed by atoms with Gasteiger partial charge >= 0.3 is 0 Å². The maximum absolute atomic E-state index is 5.35. The molecule has 18 heavy (non-hydrogen) atoms. The monoisotopic (exact) mass is 243 g/mol. The molecular weight excluding hydrogens is 230 g/mol. The number of hydrogen-bond acceptors (Lipinski definition) is 5. The van der Waals surface area contributed by atoms with Crippen LogP contribution in [0.15, 0.2) is 36.7 Å². The first-order valence-corrected chi connectivity index (χ1v) is 5.69. The van der Waals surface area contributed by atoms with Crippen molar-refractivity contribution in [3.05, 3.63) is 42.2 Å². The van der Waals surface area contributed by atoms with Crippen molar-refractivity contribution in [1.29, 1.82) is 0 Å². The second kappa shape index (κ2) is 4.52. The summed E-state index contributed by atoms with van der Waals surface area (Å²) < 4.78 is 10.6. The molecule has 0 atom stereocenters. The molecule has 2 heterocycles. The van der Waals surface area contributed by atoms with Gasteiger partial charge in [-0.3, -0.25) is 0 Å². The fourth-order valence-electron chi connectivity index (χ4n) is 1.87. The number of benzene rings is 1. The van der Waals surface area contributed by atoms with Crippen LogP contribution in [0.25, 0.3) is 0 Å². The van der Waals surface area contributed by atoms with Crippen molar-refractivity contribution in [2.75, 3.05) is 18.7 Å². The highest BCUT2D eigenvalue weighted by Crippen LogP contribution is 2.32. The molecule has 0 saturated heterocycles. The van der Waals surface area contributed by atoms with E-state index in [1.165, 1.54) is 0 Å². The van der Waals surface area contributed by atoms with Crippen molar-refractivity contribution in [1.82, 2.24) is 9.97 Å². The van der Waals surface area contributed by atoms with Crippen molar-refractivity contribution in [3.8, 4) is 11.5 Å². The summed E-state index contributed by atoms with van der Waals surface area (Å²) in [7, 11) is 1.96. The van der Waals surface area contributed by atoms with Gasteiger partial charge in [0, 0.05) is 26.0 Å². The Kier molecular flexibility index (Phi) is 2.72. The molecular formula is C13H13N3O2. The van der Waals surface area contributed by atoms with Crippen LogP contribution in [0.5, 0.6) is 11.5 Å². The second-order valence-electron chi connectivity index (χ2n) is 4.09. The molecule has 1 aromatic heterocycles. The number of rotatable bonds is 3. The lowest BCUT2D eigenvalue weighted by molar-refractivity contribution is 0.174. The van der Waals surface area contributed by atoms with Crippen LogP contribution in [-0.4, -0.2) is 23.8 Å². The van der Waals surface area contributed by atoms with E-state index >= 15 is 0 Å². The predicted molar refractivity (Wildman–Crippen MR) is 66.7 cm³/mol. The number of nitrogens with zero attached hydrogens (tertiary/aromatic N) is 3. The molecule has 0 N–H and O–H groups in total. The fourth-order valence-corrected chi connectivity index (χ4v) is 1.87. The number of ether oxygens (including phenoxy) is 2. The molecule has 5 nitrogen and oxygen atoms in total. The third-order valence-corrected chi connectivity index (χ3v) is 2.75. The molecule has 3 rings (SSSR count). The summed E-state index contributed by atoms with van der Waals surface area (Å²) >= 11 is 0. The highest BCUT2D eigenvalue weighted by molar-refractivity contribution is 5.45. The molecule has 0 amide bonds. The van der Waals surface area contributed by atoms with Gasteiger partial charge in [-0.05, 0) is 23.8 Å². The number of hydrogen-bond donors (Lipinski definition) is 0. The molecule has 0 spiro atoms. The Morgan fingerprint density at radius 1 is 1.17 bits per heavy atom. The topological polar surface area (TPSA) is 47.5 Å². The van der Waals surface area contributed by atoms with Crippen LogP contribution < -0.4 is 14.4 Å². The highest BCUT2D eigenvalue weighted by atomic mass is 16.7. The Bertz CT molecular complexity index is 545. The Hall–Kier alpha value is -2.30. The second-order valence-corrected chi connectivity index (χ2v) is 4.09. The molecule has 0 saturated carbocycles. The van der Waals surface area contributed by atoms with Gasteiger partial charge in [0.1, 0.15) is 0 Å². The minimum Gasteiger partial charge on any atom is -0.454 e. The minimum atomic E-state index is 0.302. The first-order valence-electron chi connectivity index (χ1n) is 5.69. The van der Waals surface area contributed by atoms with Gasteiger partial charge in [0.25, 0.3) is 0 Å². The van der Waals surface area contributed by atoms with E-state index in [1.807, 2.05) is 30.1 Å². The van der Waals surface area contributed by atoms with E-state index < -0.39 is 0 Å². The number of fused-ring (bicyclic) bond motifs is 1. The fraction of sp³-hybridized carbons (Fsp3) is 0.231. The van der Waals surface area contributed by atoms with E-state index in [1.54, 1.807) is 18.5 Å². The van der Waals surface area contributed by atoms with Gasteiger partial charge in [-0.1, -0.05) is 6.07 Å². The largest absolute Gasteiger partial charge is 0.454 e. The van der Waals surface area contributed by atoms with E-state index in [0.717, 1.165) is 23.6 Å². The van der Waals surface area contributed by atoms with Crippen molar-refractivity contribution in [2.45, 2.75) is 6.54 Å². The molecule has 0 radical (unpaired) electrons. The van der Waals surface area contributed by atoms with Crippen LogP contribution >= 0.6 is 0 Å². The normalized spacial score (nSPS) is 12.5. The van der Waals surface area contributed by atoms with E-state index in [0.29, 0.717) is 12.7 Å². The Labute approximate surface area is 105 Å². The summed E-state index contributed by atoms with van der Waals surface area (Å²) in [4.78, 5) is 10.4. The number of anilines is 1. The summed E-state index contributed by atoms with van der Waals surface area (Å²) in [5.41, 5.74) is 1.13. The van der Waals surface area contributed by atoms with Crippen LogP contribution in [0.1, 0.15) is 5.56 Å². The molecule has 0 unspecified atom stereocenters. The average Bonchev–Trinajstić information content (AvgIpc) is 2.87. The first-order chi connectivity index (χ1) is 8.83. The first kappa shape index (κ1) is 10.8. The van der Waals surface area contributed by atoms with Gasteiger partial charge < -0.3 is 14.4 Å². The van der Waals surface area contributed by atoms with E-state index in [4.69, 9.17) is 9.47 Å². The zero-order valence-electron chi connectivity index (χ0n) is 10.0. The third kappa shape index (κ3) is 2.07. The minimum absolute atomic E-state index is 0.302. The van der Waals surface area contributed by atoms with Crippen LogP contribution in [0.4, 0.5) is 5.95 Å². The van der Waals surface area contributed by atoms with Crippen LogP contribution in [0.2, 0.25) is 0 Å². The van der Waals surface area contributed by atoms with Crippen LogP contribution in [0, 0.1) is 0 Å². The maximum atomic E-state index is 5.35. The zero-order valence-corrected chi connectivity index (χ0v) is 10.0. The standard InChI is InChI=1S/C13H13N3O2/c1-16(13-14-5-2-6-15-13)8-10-3-4-11-12(7-10)18-9-17-11/h2-7H,8-9H2,1H3. The van der Waals surface area contributed by atoms with Crippen molar-refractivity contribution in [2.24, 2.45) is 0 Å². The molecule has 2 aromatic rings.